The van der Waals surface area contributed by atoms with Crippen molar-refractivity contribution in [3.05, 3.63) is 206 Å². The molecule has 0 saturated heterocycles. The summed E-state index contributed by atoms with van der Waals surface area (Å²) >= 11 is 0. The van der Waals surface area contributed by atoms with Crippen LogP contribution in [0.1, 0.15) is 0 Å². The van der Waals surface area contributed by atoms with Crippen LogP contribution in [-0.4, -0.2) is 4.57 Å². The first-order chi connectivity index (χ1) is 28.2. The van der Waals surface area contributed by atoms with Gasteiger partial charge in [-0.05, 0) is 105 Å². The fourth-order valence-electron chi connectivity index (χ4n) is 9.06. The fourth-order valence-corrected chi connectivity index (χ4v) is 9.06. The molecule has 0 fully saturated rings. The number of furan rings is 1. The monoisotopic (exact) mass is 726 g/mol. The van der Waals surface area contributed by atoms with Crippen molar-refractivity contribution in [2.75, 3.05) is 4.90 Å². The van der Waals surface area contributed by atoms with E-state index in [2.05, 4.69) is 204 Å². The maximum absolute atomic E-state index is 6.30. The summed E-state index contributed by atoms with van der Waals surface area (Å²) in [6, 6.07) is 74.8. The van der Waals surface area contributed by atoms with Crippen molar-refractivity contribution in [2.24, 2.45) is 0 Å². The van der Waals surface area contributed by atoms with E-state index < -0.39 is 0 Å². The summed E-state index contributed by atoms with van der Waals surface area (Å²) in [6.07, 6.45) is 0. The summed E-state index contributed by atoms with van der Waals surface area (Å²) in [5, 5.41) is 11.8. The van der Waals surface area contributed by atoms with Crippen LogP contribution in [0.3, 0.4) is 0 Å². The molecular formula is C54H34N2O. The van der Waals surface area contributed by atoms with E-state index in [1.165, 1.54) is 49.0 Å². The van der Waals surface area contributed by atoms with Crippen molar-refractivity contribution in [3.8, 4) is 16.8 Å². The number of para-hydroxylation sites is 1. The number of benzene rings is 10. The first-order valence-corrected chi connectivity index (χ1v) is 19.5. The molecule has 0 bridgehead atoms. The van der Waals surface area contributed by atoms with Gasteiger partial charge in [0.2, 0.25) is 0 Å². The van der Waals surface area contributed by atoms with E-state index in [9.17, 15) is 0 Å². The van der Waals surface area contributed by atoms with Gasteiger partial charge in [-0.1, -0.05) is 140 Å². The van der Waals surface area contributed by atoms with E-state index in [0.29, 0.717) is 0 Å². The zero-order valence-corrected chi connectivity index (χ0v) is 30.9. The molecule has 12 aromatic rings. The maximum atomic E-state index is 6.30. The second-order valence-corrected chi connectivity index (χ2v) is 15.0. The van der Waals surface area contributed by atoms with Gasteiger partial charge in [-0.2, -0.15) is 0 Å². The summed E-state index contributed by atoms with van der Waals surface area (Å²) in [6.45, 7) is 0. The number of nitrogens with zero attached hydrogens (tertiary/aromatic N) is 2. The molecule has 2 heterocycles. The van der Waals surface area contributed by atoms with E-state index in [1.54, 1.807) is 0 Å². The minimum Gasteiger partial charge on any atom is -0.456 e. The Morgan fingerprint density at radius 1 is 0.368 bits per heavy atom. The fraction of sp³-hybridized carbons (Fsp3) is 0. The molecule has 0 amide bonds. The zero-order valence-electron chi connectivity index (χ0n) is 30.9. The Kier molecular flexibility index (Phi) is 6.93. The molecule has 3 nitrogen and oxygen atoms in total. The average molecular weight is 727 g/mol. The molecule has 0 unspecified atom stereocenters. The number of hydrogen-bond acceptors (Lipinski definition) is 2. The van der Waals surface area contributed by atoms with Gasteiger partial charge in [0.05, 0.1) is 16.7 Å². The molecule has 10 aromatic carbocycles. The Morgan fingerprint density at radius 3 is 1.91 bits per heavy atom. The highest BCUT2D eigenvalue weighted by molar-refractivity contribution is 6.23. The topological polar surface area (TPSA) is 21.3 Å². The van der Waals surface area contributed by atoms with Gasteiger partial charge in [0.1, 0.15) is 11.2 Å². The largest absolute Gasteiger partial charge is 0.456 e. The molecule has 0 aliphatic rings. The second-order valence-electron chi connectivity index (χ2n) is 15.0. The van der Waals surface area contributed by atoms with Gasteiger partial charge in [0.25, 0.3) is 0 Å². The molecule has 0 spiro atoms. The molecule has 266 valence electrons. The molecule has 3 heteroatoms. The highest BCUT2D eigenvalue weighted by Crippen LogP contribution is 2.47. The second kappa shape index (κ2) is 12.5. The van der Waals surface area contributed by atoms with Crippen molar-refractivity contribution in [2.45, 2.75) is 0 Å². The minimum atomic E-state index is 0.906. The van der Waals surface area contributed by atoms with E-state index in [0.717, 1.165) is 61.0 Å². The van der Waals surface area contributed by atoms with Crippen LogP contribution >= 0.6 is 0 Å². The molecule has 12 rings (SSSR count). The van der Waals surface area contributed by atoms with Gasteiger partial charge in [0, 0.05) is 44.0 Å². The summed E-state index contributed by atoms with van der Waals surface area (Å²) in [4.78, 5) is 2.45. The highest BCUT2D eigenvalue weighted by Gasteiger charge is 2.23. The van der Waals surface area contributed by atoms with Crippen LogP contribution in [0.5, 0.6) is 0 Å². The molecule has 57 heavy (non-hydrogen) atoms. The molecule has 0 saturated carbocycles. The summed E-state index contributed by atoms with van der Waals surface area (Å²) in [7, 11) is 0. The van der Waals surface area contributed by atoms with Crippen LogP contribution in [-0.2, 0) is 0 Å². The number of rotatable bonds is 5. The van der Waals surface area contributed by atoms with E-state index in [1.807, 2.05) is 12.1 Å². The lowest BCUT2D eigenvalue weighted by Crippen LogP contribution is -2.10. The van der Waals surface area contributed by atoms with Crippen molar-refractivity contribution >= 4 is 93.1 Å². The zero-order chi connectivity index (χ0) is 37.5. The van der Waals surface area contributed by atoms with Crippen molar-refractivity contribution in [1.82, 2.24) is 4.57 Å². The maximum Gasteiger partial charge on any atom is 0.136 e. The van der Waals surface area contributed by atoms with Gasteiger partial charge in [0.15, 0.2) is 0 Å². The van der Waals surface area contributed by atoms with Gasteiger partial charge < -0.3 is 13.9 Å². The molecule has 0 atom stereocenters. The van der Waals surface area contributed by atoms with Crippen LogP contribution in [0.4, 0.5) is 17.1 Å². The molecule has 0 aliphatic carbocycles. The van der Waals surface area contributed by atoms with Crippen molar-refractivity contribution in [1.29, 1.82) is 0 Å². The van der Waals surface area contributed by atoms with Gasteiger partial charge in [-0.15, -0.1) is 0 Å². The first kappa shape index (κ1) is 31.7. The quantitative estimate of drug-likeness (QED) is 0.176. The van der Waals surface area contributed by atoms with Gasteiger partial charge in [-0.25, -0.2) is 0 Å². The number of aromatic nitrogens is 1. The molecule has 2 aromatic heterocycles. The predicted molar refractivity (Wildman–Crippen MR) is 241 cm³/mol. The van der Waals surface area contributed by atoms with E-state index >= 15 is 0 Å². The average Bonchev–Trinajstić information content (AvgIpc) is 3.82. The Bertz CT molecular complexity index is 3540. The van der Waals surface area contributed by atoms with Crippen LogP contribution < -0.4 is 4.90 Å². The van der Waals surface area contributed by atoms with Gasteiger partial charge in [-0.3, -0.25) is 0 Å². The molecule has 0 aliphatic heterocycles. The third kappa shape index (κ3) is 4.99. The third-order valence-corrected chi connectivity index (χ3v) is 11.7. The number of hydrogen-bond donors (Lipinski definition) is 0. The smallest absolute Gasteiger partial charge is 0.136 e. The van der Waals surface area contributed by atoms with Crippen molar-refractivity contribution in [3.63, 3.8) is 0 Å². The van der Waals surface area contributed by atoms with Crippen LogP contribution in [0.15, 0.2) is 211 Å². The summed E-state index contributed by atoms with van der Waals surface area (Å²) in [5.41, 5.74) is 11.0. The summed E-state index contributed by atoms with van der Waals surface area (Å²) in [5.74, 6) is 0. The lowest BCUT2D eigenvalue weighted by molar-refractivity contribution is 0.669. The molecule has 0 N–H and O–H groups in total. The normalized spacial score (nSPS) is 11.9. The number of fused-ring (bicyclic) bond motifs is 10. The molecular weight excluding hydrogens is 693 g/mol. The Labute approximate surface area is 328 Å². The first-order valence-electron chi connectivity index (χ1n) is 19.5. The Hall–Kier alpha value is -7.62. The van der Waals surface area contributed by atoms with Crippen LogP contribution in [0.25, 0.3) is 92.9 Å². The Morgan fingerprint density at radius 2 is 1.04 bits per heavy atom. The van der Waals surface area contributed by atoms with Gasteiger partial charge >= 0.3 is 0 Å². The van der Waals surface area contributed by atoms with E-state index in [-0.39, 0.29) is 0 Å². The summed E-state index contributed by atoms with van der Waals surface area (Å²) < 4.78 is 8.77. The lowest BCUT2D eigenvalue weighted by Gasteiger charge is -2.27. The predicted octanol–water partition coefficient (Wildman–Crippen LogP) is 15.3. The van der Waals surface area contributed by atoms with Crippen molar-refractivity contribution < 1.29 is 4.42 Å². The number of anilines is 3. The highest BCUT2D eigenvalue weighted by atomic mass is 16.3. The minimum absolute atomic E-state index is 0.906. The van der Waals surface area contributed by atoms with Crippen LogP contribution in [0, 0.1) is 0 Å². The molecule has 0 radical (unpaired) electrons. The lowest BCUT2D eigenvalue weighted by atomic mass is 10.0. The SMILES string of the molecule is c1ccc(-c2cccc(-n3c4cccc(N(c5ccc6ccccc6c5)c5ccc6cc7oc8ccccc8c7cc6c5)c4c4ccc5ccccc5c43)c2)cc1. The Balaban J connectivity index is 1.16. The third-order valence-electron chi connectivity index (χ3n) is 11.7. The standard InChI is InChI=1S/C54H34N2O/c1-2-12-35(13-3-1)39-17-10-18-42(30-39)56-50-22-11-21-49(53(50)47-29-26-37-15-6-7-19-45(37)54(47)56)55(43-27-24-36-14-4-5-16-38(36)31-43)44-28-25-40-34-52-48(33-41(40)32-44)46-20-8-9-23-51(46)57-52/h1-34H. The van der Waals surface area contributed by atoms with Crippen LogP contribution in [0.2, 0.25) is 0 Å². The van der Waals surface area contributed by atoms with E-state index in [4.69, 9.17) is 4.42 Å².